The van der Waals surface area contributed by atoms with E-state index >= 15 is 0 Å². The average Bonchev–Trinajstić information content (AvgIpc) is 2.74. The summed E-state index contributed by atoms with van der Waals surface area (Å²) in [7, 11) is -3.78. The van der Waals surface area contributed by atoms with Crippen LogP contribution in [0.15, 0.2) is 73.1 Å². The van der Waals surface area contributed by atoms with Crippen LogP contribution in [0.5, 0.6) is 0 Å². The van der Waals surface area contributed by atoms with Crippen LogP contribution < -0.4 is 4.72 Å². The monoisotopic (exact) mass is 424 g/mol. The fraction of sp³-hybridized carbons (Fsp3) is 0.0909. The van der Waals surface area contributed by atoms with E-state index in [4.69, 9.17) is 11.6 Å². The molecule has 3 aromatic rings. The number of nitrogens with zero attached hydrogens (tertiary/aromatic N) is 1. The smallest absolute Gasteiger partial charge is 0.239 e. The van der Waals surface area contributed by atoms with Gasteiger partial charge in [0.1, 0.15) is 5.25 Å². The highest BCUT2D eigenvalue weighted by Crippen LogP contribution is 2.28. The Hall–Kier alpha value is -2.96. The molecule has 1 heterocycles. The predicted octanol–water partition coefficient (Wildman–Crippen LogP) is 4.35. The van der Waals surface area contributed by atoms with Crippen molar-refractivity contribution in [1.29, 1.82) is 0 Å². The first-order chi connectivity index (χ1) is 13.9. The number of halogens is 1. The first-order valence-corrected chi connectivity index (χ1v) is 10.9. The van der Waals surface area contributed by atoms with Crippen molar-refractivity contribution in [3.63, 3.8) is 0 Å². The lowest BCUT2D eigenvalue weighted by Crippen LogP contribution is -2.30. The van der Waals surface area contributed by atoms with E-state index in [2.05, 4.69) is 9.71 Å². The third-order valence-corrected chi connectivity index (χ3v) is 6.63. The summed E-state index contributed by atoms with van der Waals surface area (Å²) >= 11 is 6.07. The van der Waals surface area contributed by atoms with Crippen LogP contribution in [0.4, 0.5) is 5.69 Å². The second kappa shape index (κ2) is 7.81. The van der Waals surface area contributed by atoms with Crippen LogP contribution in [-0.2, 0) is 16.4 Å². The SMILES string of the molecule is O=C(c1cccnc1)c1cc(Cl)ccc1NS(=O)(=O)C1C=Cc2ccccc2C1. The van der Waals surface area contributed by atoms with Crippen molar-refractivity contribution >= 4 is 39.2 Å². The molecule has 0 radical (unpaired) electrons. The zero-order valence-corrected chi connectivity index (χ0v) is 16.8. The second-order valence-corrected chi connectivity index (χ2v) is 9.04. The lowest BCUT2D eigenvalue weighted by Gasteiger charge is -2.21. The van der Waals surface area contributed by atoms with Crippen LogP contribution in [0.3, 0.4) is 0 Å². The highest BCUT2D eigenvalue weighted by atomic mass is 35.5. The number of anilines is 1. The molecular weight excluding hydrogens is 408 g/mol. The van der Waals surface area contributed by atoms with E-state index < -0.39 is 15.3 Å². The molecule has 0 bridgehead atoms. The molecule has 0 aliphatic heterocycles. The van der Waals surface area contributed by atoms with Gasteiger partial charge in [-0.05, 0) is 47.9 Å². The Morgan fingerprint density at radius 2 is 1.93 bits per heavy atom. The summed E-state index contributed by atoms with van der Waals surface area (Å²) in [5, 5.41) is -0.402. The molecule has 1 aliphatic carbocycles. The van der Waals surface area contributed by atoms with Crippen molar-refractivity contribution in [3.05, 3.63) is 100 Å². The minimum absolute atomic E-state index is 0.175. The van der Waals surface area contributed by atoms with Crippen molar-refractivity contribution in [2.45, 2.75) is 11.7 Å². The van der Waals surface area contributed by atoms with Gasteiger partial charge in [0.05, 0.1) is 5.69 Å². The molecular formula is C22H17ClN2O3S. The Kier molecular flexibility index (Phi) is 5.22. The molecule has 1 N–H and O–H groups in total. The normalized spacial score (nSPS) is 15.6. The van der Waals surface area contributed by atoms with Gasteiger partial charge in [-0.15, -0.1) is 0 Å². The van der Waals surface area contributed by atoms with Crippen LogP contribution in [0, 0.1) is 0 Å². The summed E-state index contributed by atoms with van der Waals surface area (Å²) < 4.78 is 28.7. The summed E-state index contributed by atoms with van der Waals surface area (Å²) in [4.78, 5) is 16.8. The van der Waals surface area contributed by atoms with E-state index in [9.17, 15) is 13.2 Å². The van der Waals surface area contributed by atoms with Gasteiger partial charge in [0.2, 0.25) is 10.0 Å². The van der Waals surface area contributed by atoms with E-state index in [1.165, 1.54) is 18.3 Å². The number of aromatic nitrogens is 1. The molecule has 4 rings (SSSR count). The number of hydrogen-bond acceptors (Lipinski definition) is 4. The maximum atomic E-state index is 13.0. The third kappa shape index (κ3) is 4.09. The Labute approximate surface area is 174 Å². The number of benzene rings is 2. The van der Waals surface area contributed by atoms with Gasteiger partial charge < -0.3 is 0 Å². The van der Waals surface area contributed by atoms with Gasteiger partial charge in [-0.25, -0.2) is 8.42 Å². The fourth-order valence-electron chi connectivity index (χ4n) is 3.27. The molecule has 1 aromatic heterocycles. The number of hydrogen-bond donors (Lipinski definition) is 1. The lowest BCUT2D eigenvalue weighted by atomic mass is 9.97. The van der Waals surface area contributed by atoms with Gasteiger partial charge in [-0.2, -0.15) is 0 Å². The molecule has 0 spiro atoms. The molecule has 0 fully saturated rings. The maximum Gasteiger partial charge on any atom is 0.239 e. The second-order valence-electron chi connectivity index (χ2n) is 6.71. The van der Waals surface area contributed by atoms with E-state index in [0.29, 0.717) is 17.0 Å². The fourth-order valence-corrected chi connectivity index (χ4v) is 4.76. The van der Waals surface area contributed by atoms with Gasteiger partial charge >= 0.3 is 0 Å². The number of carbonyl (C=O) groups excluding carboxylic acids is 1. The van der Waals surface area contributed by atoms with Gasteiger partial charge in [0, 0.05) is 28.5 Å². The number of sulfonamides is 1. The van der Waals surface area contributed by atoms with E-state index in [-0.39, 0.29) is 17.0 Å². The summed E-state index contributed by atoms with van der Waals surface area (Å²) in [6.07, 6.45) is 6.84. The predicted molar refractivity (Wildman–Crippen MR) is 115 cm³/mol. The quantitative estimate of drug-likeness (QED) is 0.618. The summed E-state index contributed by atoms with van der Waals surface area (Å²) in [6, 6.07) is 15.4. The molecule has 0 saturated carbocycles. The summed E-state index contributed by atoms with van der Waals surface area (Å²) in [5.74, 6) is -0.358. The Morgan fingerprint density at radius 1 is 1.10 bits per heavy atom. The highest BCUT2D eigenvalue weighted by Gasteiger charge is 2.28. The molecule has 146 valence electrons. The first-order valence-electron chi connectivity index (χ1n) is 8.96. The number of nitrogens with one attached hydrogen (secondary N) is 1. The van der Waals surface area contributed by atoms with Crippen LogP contribution >= 0.6 is 11.6 Å². The van der Waals surface area contributed by atoms with Gasteiger partial charge in [-0.1, -0.05) is 48.0 Å². The zero-order chi connectivity index (χ0) is 20.4. The minimum atomic E-state index is -3.78. The Balaban J connectivity index is 1.65. The van der Waals surface area contributed by atoms with Crippen LogP contribution in [0.1, 0.15) is 27.0 Å². The number of ketones is 1. The number of carbonyl (C=O) groups is 1. The Bertz CT molecular complexity index is 1210. The standard InChI is InChI=1S/C22H17ClN2O3S/c23-18-8-10-21(20(13-18)22(26)17-6-3-11-24-14-17)25-29(27,28)19-9-7-15-4-1-2-5-16(15)12-19/h1-11,13-14,19,25H,12H2. The molecule has 1 aliphatic rings. The van der Waals surface area contributed by atoms with Gasteiger partial charge in [-0.3, -0.25) is 14.5 Å². The largest absolute Gasteiger partial charge is 0.288 e. The number of pyridine rings is 1. The molecule has 2 aromatic carbocycles. The van der Waals surface area contributed by atoms with Crippen LogP contribution in [0.25, 0.3) is 6.08 Å². The van der Waals surface area contributed by atoms with Crippen molar-refractivity contribution in [1.82, 2.24) is 4.98 Å². The average molecular weight is 425 g/mol. The van der Waals surface area contributed by atoms with Gasteiger partial charge in [0.15, 0.2) is 5.78 Å². The number of fused-ring (bicyclic) bond motifs is 1. The summed E-state index contributed by atoms with van der Waals surface area (Å²) in [5.41, 5.74) is 2.69. The minimum Gasteiger partial charge on any atom is -0.288 e. The van der Waals surface area contributed by atoms with E-state index in [1.54, 1.807) is 30.5 Å². The maximum absolute atomic E-state index is 13.0. The van der Waals surface area contributed by atoms with Crippen molar-refractivity contribution in [2.75, 3.05) is 4.72 Å². The molecule has 1 unspecified atom stereocenters. The molecule has 7 heteroatoms. The lowest BCUT2D eigenvalue weighted by molar-refractivity contribution is 0.103. The molecule has 0 amide bonds. The third-order valence-electron chi connectivity index (χ3n) is 4.77. The van der Waals surface area contributed by atoms with Crippen LogP contribution in [0.2, 0.25) is 5.02 Å². The molecule has 5 nitrogen and oxygen atoms in total. The zero-order valence-electron chi connectivity index (χ0n) is 15.2. The van der Waals surface area contributed by atoms with Crippen molar-refractivity contribution < 1.29 is 13.2 Å². The first kappa shape index (κ1) is 19.4. The van der Waals surface area contributed by atoms with Crippen LogP contribution in [-0.4, -0.2) is 24.4 Å². The van der Waals surface area contributed by atoms with E-state index in [0.717, 1.165) is 11.1 Å². The molecule has 29 heavy (non-hydrogen) atoms. The molecule has 0 saturated heterocycles. The highest BCUT2D eigenvalue weighted by molar-refractivity contribution is 7.93. The topological polar surface area (TPSA) is 76.1 Å². The van der Waals surface area contributed by atoms with Crippen molar-refractivity contribution in [3.8, 4) is 0 Å². The van der Waals surface area contributed by atoms with Gasteiger partial charge in [0.25, 0.3) is 0 Å². The molecule has 1 atom stereocenters. The summed E-state index contributed by atoms with van der Waals surface area (Å²) in [6.45, 7) is 0. The van der Waals surface area contributed by atoms with Crippen molar-refractivity contribution in [2.24, 2.45) is 0 Å². The Morgan fingerprint density at radius 3 is 2.72 bits per heavy atom. The van der Waals surface area contributed by atoms with E-state index in [1.807, 2.05) is 30.3 Å². The number of rotatable bonds is 5.